The highest BCUT2D eigenvalue weighted by Crippen LogP contribution is 2.32. The third kappa shape index (κ3) is 4.39. The minimum atomic E-state index is -3.92. The summed E-state index contributed by atoms with van der Waals surface area (Å²) in [5.41, 5.74) is 0. The minimum absolute atomic E-state index is 0.0277. The number of piperazine rings is 1. The van der Waals surface area contributed by atoms with Crippen LogP contribution in [0.4, 0.5) is 0 Å². The van der Waals surface area contributed by atoms with Crippen LogP contribution in [0.1, 0.15) is 0 Å². The molecule has 0 spiro atoms. The Kier molecular flexibility index (Phi) is 6.85. The first-order valence-electron chi connectivity index (χ1n) is 8.78. The summed E-state index contributed by atoms with van der Waals surface area (Å²) < 4.78 is 65.0. The molecule has 0 aliphatic carbocycles. The van der Waals surface area contributed by atoms with Crippen LogP contribution in [-0.2, 0) is 20.0 Å². The van der Waals surface area contributed by atoms with E-state index in [1.165, 1.54) is 59.2 Å². The number of halogens is 2. The Morgan fingerprint density at radius 2 is 1.03 bits per heavy atom. The van der Waals surface area contributed by atoms with Crippen molar-refractivity contribution in [1.82, 2.24) is 8.61 Å². The highest BCUT2D eigenvalue weighted by molar-refractivity contribution is 7.89. The lowest BCUT2D eigenvalue weighted by molar-refractivity contribution is 0.271. The third-order valence-electron chi connectivity index (χ3n) is 4.68. The van der Waals surface area contributed by atoms with Gasteiger partial charge in [0.1, 0.15) is 21.3 Å². The number of methoxy groups -OCH3 is 2. The van der Waals surface area contributed by atoms with Crippen LogP contribution in [0.25, 0.3) is 0 Å². The summed E-state index contributed by atoms with van der Waals surface area (Å²) >= 11 is 11.9. The van der Waals surface area contributed by atoms with E-state index in [1.54, 1.807) is 0 Å². The smallest absolute Gasteiger partial charge is 0.246 e. The second kappa shape index (κ2) is 8.89. The molecule has 0 bridgehead atoms. The number of benzene rings is 2. The Morgan fingerprint density at radius 1 is 0.700 bits per heavy atom. The van der Waals surface area contributed by atoms with E-state index >= 15 is 0 Å². The van der Waals surface area contributed by atoms with Gasteiger partial charge in [0.2, 0.25) is 20.0 Å². The molecule has 1 fully saturated rings. The van der Waals surface area contributed by atoms with Crippen molar-refractivity contribution in [1.29, 1.82) is 0 Å². The summed E-state index contributed by atoms with van der Waals surface area (Å²) in [4.78, 5) is -0.129. The van der Waals surface area contributed by atoms with Gasteiger partial charge >= 0.3 is 0 Å². The van der Waals surface area contributed by atoms with Gasteiger partial charge in [-0.1, -0.05) is 23.2 Å². The van der Waals surface area contributed by atoms with Gasteiger partial charge in [0.15, 0.2) is 0 Å². The van der Waals surface area contributed by atoms with Crippen LogP contribution < -0.4 is 9.47 Å². The summed E-state index contributed by atoms with van der Waals surface area (Å²) in [6, 6.07) is 8.64. The first kappa shape index (κ1) is 23.1. The Hall–Kier alpha value is -1.56. The molecule has 0 radical (unpaired) electrons. The van der Waals surface area contributed by atoms with Crippen LogP contribution in [-0.4, -0.2) is 65.8 Å². The van der Waals surface area contributed by atoms with E-state index in [0.717, 1.165) is 0 Å². The molecule has 30 heavy (non-hydrogen) atoms. The van der Waals surface area contributed by atoms with Crippen molar-refractivity contribution in [2.45, 2.75) is 9.79 Å². The van der Waals surface area contributed by atoms with E-state index in [4.69, 9.17) is 32.7 Å². The van der Waals surface area contributed by atoms with Gasteiger partial charge in [-0.2, -0.15) is 8.61 Å². The van der Waals surface area contributed by atoms with Gasteiger partial charge in [-0.05, 0) is 36.4 Å². The van der Waals surface area contributed by atoms with Gasteiger partial charge in [0.25, 0.3) is 0 Å². The molecule has 0 unspecified atom stereocenters. The lowest BCUT2D eigenvalue weighted by atomic mass is 10.3. The average molecular weight is 495 g/mol. The summed E-state index contributed by atoms with van der Waals surface area (Å²) in [7, 11) is -5.12. The fourth-order valence-electron chi connectivity index (χ4n) is 3.13. The molecule has 3 rings (SSSR count). The standard InChI is InChI=1S/C18H20Cl2N2O6S2/c1-27-15-5-3-13(19)11-17(15)29(23,24)21-7-9-22(10-8-21)30(25,26)18-12-14(20)4-6-16(18)28-2/h3-6,11-12H,7-10H2,1-2H3. The van der Waals surface area contributed by atoms with Crippen LogP contribution >= 0.6 is 23.2 Å². The van der Waals surface area contributed by atoms with E-state index in [1.807, 2.05) is 0 Å². The second-order valence-corrected chi connectivity index (χ2v) is 11.1. The molecule has 1 aliphatic heterocycles. The Bertz CT molecular complexity index is 1060. The molecule has 2 aromatic carbocycles. The maximum Gasteiger partial charge on any atom is 0.246 e. The average Bonchev–Trinajstić information content (AvgIpc) is 2.73. The molecule has 164 valence electrons. The van der Waals surface area contributed by atoms with Crippen LogP contribution in [0.5, 0.6) is 11.5 Å². The number of hydrogen-bond acceptors (Lipinski definition) is 6. The Morgan fingerprint density at radius 3 is 1.33 bits per heavy atom. The van der Waals surface area contributed by atoms with Gasteiger partial charge in [-0.3, -0.25) is 0 Å². The molecule has 0 saturated carbocycles. The highest BCUT2D eigenvalue weighted by atomic mass is 35.5. The second-order valence-electron chi connectivity index (χ2n) is 6.40. The van der Waals surface area contributed by atoms with E-state index in [2.05, 4.69) is 0 Å². The maximum absolute atomic E-state index is 13.1. The predicted molar refractivity (Wildman–Crippen MR) is 114 cm³/mol. The minimum Gasteiger partial charge on any atom is -0.495 e. The van der Waals surface area contributed by atoms with E-state index in [0.29, 0.717) is 0 Å². The van der Waals surface area contributed by atoms with Crippen molar-refractivity contribution in [3.05, 3.63) is 46.4 Å². The number of ether oxygens (including phenoxy) is 2. The maximum atomic E-state index is 13.1. The summed E-state index contributed by atoms with van der Waals surface area (Å²) in [6.45, 7) is -0.111. The molecule has 1 aliphatic rings. The van der Waals surface area contributed by atoms with Gasteiger partial charge in [-0.15, -0.1) is 0 Å². The Labute approximate surface area is 186 Å². The van der Waals surface area contributed by atoms with E-state index < -0.39 is 20.0 Å². The van der Waals surface area contributed by atoms with Crippen LogP contribution in [0, 0.1) is 0 Å². The fourth-order valence-corrected chi connectivity index (χ4v) is 6.81. The zero-order valence-corrected chi connectivity index (χ0v) is 19.4. The van der Waals surface area contributed by atoms with Crippen molar-refractivity contribution in [2.75, 3.05) is 40.4 Å². The van der Waals surface area contributed by atoms with Crippen LogP contribution in [0.2, 0.25) is 10.0 Å². The van der Waals surface area contributed by atoms with Crippen LogP contribution in [0.15, 0.2) is 46.2 Å². The normalized spacial score (nSPS) is 16.4. The molecule has 0 N–H and O–H groups in total. The fraction of sp³-hybridized carbons (Fsp3) is 0.333. The first-order valence-corrected chi connectivity index (χ1v) is 12.4. The lowest BCUT2D eigenvalue weighted by Crippen LogP contribution is -2.50. The van der Waals surface area contributed by atoms with Gasteiger partial charge in [-0.25, -0.2) is 16.8 Å². The zero-order valence-electron chi connectivity index (χ0n) is 16.2. The topological polar surface area (TPSA) is 93.2 Å². The number of rotatable bonds is 6. The van der Waals surface area contributed by atoms with E-state index in [-0.39, 0.29) is 57.5 Å². The van der Waals surface area contributed by atoms with Crippen molar-refractivity contribution in [3.63, 3.8) is 0 Å². The molecule has 1 heterocycles. The predicted octanol–water partition coefficient (Wildman–Crippen LogP) is 2.71. The molecular formula is C18H20Cl2N2O6S2. The molecule has 12 heteroatoms. The molecular weight excluding hydrogens is 475 g/mol. The van der Waals surface area contributed by atoms with Crippen molar-refractivity contribution < 1.29 is 26.3 Å². The summed E-state index contributed by atoms with van der Waals surface area (Å²) in [6.07, 6.45) is 0. The summed E-state index contributed by atoms with van der Waals surface area (Å²) in [5, 5.41) is 0.507. The zero-order chi connectivity index (χ0) is 22.1. The lowest BCUT2D eigenvalue weighted by Gasteiger charge is -2.33. The van der Waals surface area contributed by atoms with E-state index in [9.17, 15) is 16.8 Å². The molecule has 0 amide bonds. The number of sulfonamides is 2. The van der Waals surface area contributed by atoms with Gasteiger partial charge in [0, 0.05) is 36.2 Å². The summed E-state index contributed by atoms with van der Waals surface area (Å²) in [5.74, 6) is 0.330. The largest absolute Gasteiger partial charge is 0.495 e. The van der Waals surface area contributed by atoms with Crippen molar-refractivity contribution >= 4 is 43.2 Å². The number of hydrogen-bond donors (Lipinski definition) is 0. The van der Waals surface area contributed by atoms with Gasteiger partial charge < -0.3 is 9.47 Å². The molecule has 1 saturated heterocycles. The molecule has 0 aromatic heterocycles. The molecule has 8 nitrogen and oxygen atoms in total. The quantitative estimate of drug-likeness (QED) is 0.612. The monoisotopic (exact) mass is 494 g/mol. The number of nitrogens with zero attached hydrogens (tertiary/aromatic N) is 2. The molecule has 2 aromatic rings. The Balaban J connectivity index is 1.84. The highest BCUT2D eigenvalue weighted by Gasteiger charge is 2.36. The first-order chi connectivity index (χ1) is 14.1. The van der Waals surface area contributed by atoms with Crippen LogP contribution in [0.3, 0.4) is 0 Å². The van der Waals surface area contributed by atoms with Crippen molar-refractivity contribution in [3.8, 4) is 11.5 Å². The third-order valence-corrected chi connectivity index (χ3v) is 8.99. The molecule has 0 atom stereocenters. The van der Waals surface area contributed by atoms with Gasteiger partial charge in [0.05, 0.1) is 14.2 Å². The van der Waals surface area contributed by atoms with Crippen molar-refractivity contribution in [2.24, 2.45) is 0 Å². The SMILES string of the molecule is COc1ccc(Cl)cc1S(=O)(=O)N1CCN(S(=O)(=O)c2cc(Cl)ccc2OC)CC1.